The molecular weight excluding hydrogens is 333 g/mol. The van der Waals surface area contributed by atoms with E-state index in [0.717, 1.165) is 60.9 Å². The van der Waals surface area contributed by atoms with Crippen LogP contribution in [0, 0.1) is 5.82 Å². The molecule has 6 heteroatoms. The number of amides is 1. The molecule has 1 aromatic heterocycles. The van der Waals surface area contributed by atoms with Crippen molar-refractivity contribution in [2.45, 2.75) is 51.4 Å². The highest BCUT2D eigenvalue weighted by molar-refractivity contribution is 5.94. The number of anilines is 1. The summed E-state index contributed by atoms with van der Waals surface area (Å²) in [5.41, 5.74) is 3.89. The number of fused-ring (bicyclic) bond motifs is 1. The van der Waals surface area contributed by atoms with E-state index in [9.17, 15) is 14.0 Å². The monoisotopic (exact) mass is 355 g/mol. The first-order chi connectivity index (χ1) is 12.6. The molecule has 0 atom stereocenters. The Balaban J connectivity index is 1.67. The molecule has 26 heavy (non-hydrogen) atoms. The lowest BCUT2D eigenvalue weighted by Crippen LogP contribution is -2.35. The van der Waals surface area contributed by atoms with E-state index in [4.69, 9.17) is 0 Å². The SMILES string of the molecule is O=C1CCCCN1c1cc(Cc2n[nH]c(=O)c3c2CCCC3)ccc1F. The number of nitrogens with zero attached hydrogens (tertiary/aromatic N) is 2. The van der Waals surface area contributed by atoms with Crippen molar-refractivity contribution in [1.82, 2.24) is 10.2 Å². The van der Waals surface area contributed by atoms with Gasteiger partial charge in [0.25, 0.3) is 5.56 Å². The fraction of sp³-hybridized carbons (Fsp3) is 0.450. The predicted octanol–water partition coefficient (Wildman–Crippen LogP) is 2.90. The standard InChI is InChI=1S/C20H22FN3O2/c21-16-9-8-13(12-18(16)24-10-4-3-7-19(24)25)11-17-14-5-1-2-6-15(14)20(26)23-22-17/h8-9,12H,1-7,10-11H2,(H,23,26). The predicted molar refractivity (Wildman–Crippen MR) is 96.9 cm³/mol. The van der Waals surface area contributed by atoms with E-state index >= 15 is 0 Å². The van der Waals surface area contributed by atoms with Crippen LogP contribution >= 0.6 is 0 Å². The second-order valence-electron chi connectivity index (χ2n) is 7.13. The lowest BCUT2D eigenvalue weighted by atomic mass is 9.90. The van der Waals surface area contributed by atoms with E-state index < -0.39 is 0 Å². The second-order valence-corrected chi connectivity index (χ2v) is 7.13. The Labute approximate surface area is 151 Å². The highest BCUT2D eigenvalue weighted by Gasteiger charge is 2.23. The first-order valence-electron chi connectivity index (χ1n) is 9.31. The summed E-state index contributed by atoms with van der Waals surface area (Å²) in [5, 5.41) is 6.86. The van der Waals surface area contributed by atoms with Crippen LogP contribution in [0.2, 0.25) is 0 Å². The summed E-state index contributed by atoms with van der Waals surface area (Å²) in [6, 6.07) is 4.90. The molecule has 0 saturated carbocycles. The summed E-state index contributed by atoms with van der Waals surface area (Å²) in [6.45, 7) is 0.561. The zero-order valence-corrected chi connectivity index (χ0v) is 14.7. The van der Waals surface area contributed by atoms with Crippen molar-refractivity contribution in [2.75, 3.05) is 11.4 Å². The molecule has 4 rings (SSSR count). The van der Waals surface area contributed by atoms with Crippen molar-refractivity contribution in [2.24, 2.45) is 0 Å². The molecule has 2 aromatic rings. The van der Waals surface area contributed by atoms with Gasteiger partial charge in [0, 0.05) is 24.9 Å². The van der Waals surface area contributed by atoms with Gasteiger partial charge in [0.2, 0.25) is 5.91 Å². The molecule has 2 aliphatic rings. The van der Waals surface area contributed by atoms with Crippen LogP contribution in [0.1, 0.15) is 54.5 Å². The van der Waals surface area contributed by atoms with Crippen molar-refractivity contribution < 1.29 is 9.18 Å². The van der Waals surface area contributed by atoms with E-state index in [1.807, 2.05) is 0 Å². The number of carbonyl (C=O) groups is 1. The molecular formula is C20H22FN3O2. The van der Waals surface area contributed by atoms with Crippen LogP contribution in [0.3, 0.4) is 0 Å². The van der Waals surface area contributed by atoms with Gasteiger partial charge in [-0.1, -0.05) is 6.07 Å². The van der Waals surface area contributed by atoms with Crippen molar-refractivity contribution in [3.63, 3.8) is 0 Å². The molecule has 5 nitrogen and oxygen atoms in total. The van der Waals surface area contributed by atoms with Crippen LogP contribution in [0.15, 0.2) is 23.0 Å². The van der Waals surface area contributed by atoms with E-state index in [1.165, 1.54) is 6.07 Å². The Kier molecular flexibility index (Phi) is 4.57. The van der Waals surface area contributed by atoms with E-state index in [0.29, 0.717) is 25.1 Å². The average molecular weight is 355 g/mol. The highest BCUT2D eigenvalue weighted by atomic mass is 19.1. The second kappa shape index (κ2) is 7.02. The third-order valence-electron chi connectivity index (χ3n) is 5.38. The number of piperidine rings is 1. The number of hydrogen-bond donors (Lipinski definition) is 1. The summed E-state index contributed by atoms with van der Waals surface area (Å²) in [7, 11) is 0. The Hall–Kier alpha value is -2.50. The van der Waals surface area contributed by atoms with Gasteiger partial charge >= 0.3 is 0 Å². The van der Waals surface area contributed by atoms with Gasteiger partial charge in [-0.2, -0.15) is 5.10 Å². The van der Waals surface area contributed by atoms with Gasteiger partial charge in [0.15, 0.2) is 0 Å². The Morgan fingerprint density at radius 2 is 1.81 bits per heavy atom. The van der Waals surface area contributed by atoms with Crippen molar-refractivity contribution in [3.05, 3.63) is 56.8 Å². The minimum atomic E-state index is -0.375. The van der Waals surface area contributed by atoms with Crippen LogP contribution in [0.25, 0.3) is 0 Å². The number of rotatable bonds is 3. The Bertz CT molecular complexity index is 906. The van der Waals surface area contributed by atoms with E-state index in [1.54, 1.807) is 17.0 Å². The van der Waals surface area contributed by atoms with Crippen LogP contribution in [-0.4, -0.2) is 22.6 Å². The number of aromatic nitrogens is 2. The number of H-pyrrole nitrogens is 1. The lowest BCUT2D eigenvalue weighted by molar-refractivity contribution is -0.119. The first kappa shape index (κ1) is 16.9. The highest BCUT2D eigenvalue weighted by Crippen LogP contribution is 2.27. The van der Waals surface area contributed by atoms with Crippen molar-refractivity contribution in [3.8, 4) is 0 Å². The summed E-state index contributed by atoms with van der Waals surface area (Å²) in [5.74, 6) is -0.396. The largest absolute Gasteiger partial charge is 0.310 e. The van der Waals surface area contributed by atoms with Gasteiger partial charge in [-0.05, 0) is 61.8 Å². The lowest BCUT2D eigenvalue weighted by Gasteiger charge is -2.27. The summed E-state index contributed by atoms with van der Waals surface area (Å²) in [6.07, 6.45) is 6.48. The molecule has 0 spiro atoms. The zero-order valence-electron chi connectivity index (χ0n) is 14.7. The van der Waals surface area contributed by atoms with Crippen LogP contribution in [0.4, 0.5) is 10.1 Å². The fourth-order valence-corrected chi connectivity index (χ4v) is 4.00. The maximum Gasteiger partial charge on any atom is 0.267 e. The number of carbonyl (C=O) groups excluding carboxylic acids is 1. The minimum Gasteiger partial charge on any atom is -0.310 e. The molecule has 136 valence electrons. The van der Waals surface area contributed by atoms with Crippen LogP contribution in [-0.2, 0) is 24.1 Å². The number of hydrogen-bond acceptors (Lipinski definition) is 3. The van der Waals surface area contributed by atoms with Crippen LogP contribution < -0.4 is 10.5 Å². The van der Waals surface area contributed by atoms with Gasteiger partial charge in [0.1, 0.15) is 5.82 Å². The fourth-order valence-electron chi connectivity index (χ4n) is 4.00. The molecule has 2 heterocycles. The molecule has 1 amide bonds. The minimum absolute atomic E-state index is 0.0214. The van der Waals surface area contributed by atoms with Crippen molar-refractivity contribution in [1.29, 1.82) is 0 Å². The molecule has 1 aliphatic carbocycles. The molecule has 0 radical (unpaired) electrons. The number of nitrogens with one attached hydrogen (secondary N) is 1. The van der Waals surface area contributed by atoms with Gasteiger partial charge < -0.3 is 4.90 Å². The number of benzene rings is 1. The van der Waals surface area contributed by atoms with E-state index in [2.05, 4.69) is 10.2 Å². The van der Waals surface area contributed by atoms with Gasteiger partial charge in [0.05, 0.1) is 11.4 Å². The molecule has 0 unspecified atom stereocenters. The Morgan fingerprint density at radius 1 is 1.04 bits per heavy atom. The quantitative estimate of drug-likeness (QED) is 0.921. The molecule has 1 fully saturated rings. The number of halogens is 1. The smallest absolute Gasteiger partial charge is 0.267 e. The van der Waals surface area contributed by atoms with Gasteiger partial charge in [-0.25, -0.2) is 9.49 Å². The van der Waals surface area contributed by atoms with Gasteiger partial charge in [-0.15, -0.1) is 0 Å². The molecule has 1 aliphatic heterocycles. The average Bonchev–Trinajstić information content (AvgIpc) is 2.66. The summed E-state index contributed by atoms with van der Waals surface area (Å²) >= 11 is 0. The van der Waals surface area contributed by atoms with Crippen molar-refractivity contribution >= 4 is 11.6 Å². The topological polar surface area (TPSA) is 66.1 Å². The molecule has 1 N–H and O–H groups in total. The summed E-state index contributed by atoms with van der Waals surface area (Å²) < 4.78 is 14.3. The van der Waals surface area contributed by atoms with Gasteiger partial charge in [-0.3, -0.25) is 9.59 Å². The van der Waals surface area contributed by atoms with Crippen LogP contribution in [0.5, 0.6) is 0 Å². The zero-order chi connectivity index (χ0) is 18.1. The maximum absolute atomic E-state index is 14.3. The molecule has 0 bridgehead atoms. The molecule has 1 saturated heterocycles. The summed E-state index contributed by atoms with van der Waals surface area (Å²) in [4.78, 5) is 25.7. The normalized spacial score (nSPS) is 17.3. The Morgan fingerprint density at radius 3 is 2.62 bits per heavy atom. The third kappa shape index (κ3) is 3.16. The maximum atomic E-state index is 14.3. The van der Waals surface area contributed by atoms with E-state index in [-0.39, 0.29) is 17.3 Å². The number of aromatic amines is 1. The molecule has 1 aromatic carbocycles. The third-order valence-corrected chi connectivity index (χ3v) is 5.38. The first-order valence-corrected chi connectivity index (χ1v) is 9.31.